The first kappa shape index (κ1) is 17.8. The molecule has 0 bridgehead atoms. The van der Waals surface area contributed by atoms with Gasteiger partial charge >= 0.3 is 0 Å². The molecule has 0 saturated carbocycles. The van der Waals surface area contributed by atoms with Crippen molar-refractivity contribution in [1.29, 1.82) is 0 Å². The number of nitrogens with one attached hydrogen (secondary N) is 1. The molecule has 1 atom stereocenters. The molecule has 1 aromatic rings. The molecule has 1 aliphatic heterocycles. The van der Waals surface area contributed by atoms with E-state index >= 15 is 0 Å². The van der Waals surface area contributed by atoms with Crippen LogP contribution in [0.5, 0.6) is 0 Å². The Morgan fingerprint density at radius 3 is 2.83 bits per heavy atom. The molecule has 6 heteroatoms. The fourth-order valence-corrected chi connectivity index (χ4v) is 3.00. The molecule has 1 aliphatic rings. The average molecular weight is 339 g/mol. The van der Waals surface area contributed by atoms with Crippen LogP contribution in [0.4, 0.5) is 5.69 Å². The van der Waals surface area contributed by atoms with Crippen molar-refractivity contribution in [2.75, 3.05) is 25.6 Å². The standard InChI is InChI=1S/C17H23ClN2O3/c1-12-5-3-4-9-20(12)17(22)14-7-6-13(11-15(14)18)19-16(21)8-10-23-2/h6-7,11-12H,3-5,8-10H2,1-2H3,(H,19,21). The molecule has 1 fully saturated rings. The van der Waals surface area contributed by atoms with Crippen LogP contribution >= 0.6 is 11.6 Å². The van der Waals surface area contributed by atoms with Crippen molar-refractivity contribution in [3.05, 3.63) is 28.8 Å². The first-order chi connectivity index (χ1) is 11.0. The highest BCUT2D eigenvalue weighted by Gasteiger charge is 2.25. The number of rotatable bonds is 5. The van der Waals surface area contributed by atoms with E-state index in [-0.39, 0.29) is 24.3 Å². The summed E-state index contributed by atoms with van der Waals surface area (Å²) >= 11 is 6.26. The van der Waals surface area contributed by atoms with Gasteiger partial charge in [0.05, 0.1) is 23.6 Å². The first-order valence-corrected chi connectivity index (χ1v) is 8.30. The highest BCUT2D eigenvalue weighted by Crippen LogP contribution is 2.25. The minimum absolute atomic E-state index is 0.0422. The Hall–Kier alpha value is -1.59. The Labute approximate surface area is 141 Å². The van der Waals surface area contributed by atoms with Gasteiger partial charge in [-0.3, -0.25) is 9.59 Å². The molecule has 5 nitrogen and oxygen atoms in total. The van der Waals surface area contributed by atoms with Crippen molar-refractivity contribution < 1.29 is 14.3 Å². The zero-order valence-electron chi connectivity index (χ0n) is 13.6. The zero-order chi connectivity index (χ0) is 16.8. The number of hydrogen-bond donors (Lipinski definition) is 1. The van der Waals surface area contributed by atoms with Gasteiger partial charge in [-0.15, -0.1) is 0 Å². The number of methoxy groups -OCH3 is 1. The summed E-state index contributed by atoms with van der Waals surface area (Å²) in [4.78, 5) is 26.2. The third kappa shape index (κ3) is 4.69. The van der Waals surface area contributed by atoms with Gasteiger partial charge in [-0.25, -0.2) is 0 Å². The highest BCUT2D eigenvalue weighted by molar-refractivity contribution is 6.34. The monoisotopic (exact) mass is 338 g/mol. The fourth-order valence-electron chi connectivity index (χ4n) is 2.74. The van der Waals surface area contributed by atoms with Crippen molar-refractivity contribution >= 4 is 29.1 Å². The number of piperidine rings is 1. The van der Waals surface area contributed by atoms with Gasteiger partial charge < -0.3 is 15.0 Å². The van der Waals surface area contributed by atoms with Crippen LogP contribution in [-0.4, -0.2) is 43.0 Å². The van der Waals surface area contributed by atoms with Crippen LogP contribution in [0.2, 0.25) is 5.02 Å². The minimum atomic E-state index is -0.147. The van der Waals surface area contributed by atoms with Crippen molar-refractivity contribution in [1.82, 2.24) is 4.90 Å². The van der Waals surface area contributed by atoms with Crippen LogP contribution < -0.4 is 5.32 Å². The van der Waals surface area contributed by atoms with E-state index in [9.17, 15) is 9.59 Å². The van der Waals surface area contributed by atoms with E-state index < -0.39 is 0 Å². The number of nitrogens with zero attached hydrogens (tertiary/aromatic N) is 1. The Bertz CT molecular complexity index is 577. The molecule has 1 N–H and O–H groups in total. The molecule has 2 rings (SSSR count). The number of ether oxygens (including phenoxy) is 1. The lowest BCUT2D eigenvalue weighted by atomic mass is 10.0. The summed E-state index contributed by atoms with van der Waals surface area (Å²) in [5.74, 6) is -0.189. The molecule has 1 aromatic carbocycles. The van der Waals surface area contributed by atoms with Gasteiger partial charge in [0.15, 0.2) is 0 Å². The molecular weight excluding hydrogens is 316 g/mol. The summed E-state index contributed by atoms with van der Waals surface area (Å²) < 4.78 is 4.86. The summed E-state index contributed by atoms with van der Waals surface area (Å²) in [6, 6.07) is 5.24. The molecule has 0 spiro atoms. The lowest BCUT2D eigenvalue weighted by Crippen LogP contribution is -2.42. The lowest BCUT2D eigenvalue weighted by Gasteiger charge is -2.33. The Morgan fingerprint density at radius 2 is 2.17 bits per heavy atom. The second kappa shape index (κ2) is 8.31. The number of benzene rings is 1. The Morgan fingerprint density at radius 1 is 1.39 bits per heavy atom. The highest BCUT2D eigenvalue weighted by atomic mass is 35.5. The van der Waals surface area contributed by atoms with Crippen LogP contribution in [0.3, 0.4) is 0 Å². The van der Waals surface area contributed by atoms with Gasteiger partial charge in [-0.1, -0.05) is 11.6 Å². The maximum absolute atomic E-state index is 12.6. The second-order valence-corrected chi connectivity index (χ2v) is 6.24. The predicted octanol–water partition coefficient (Wildman–Crippen LogP) is 3.33. The largest absolute Gasteiger partial charge is 0.384 e. The summed E-state index contributed by atoms with van der Waals surface area (Å²) in [5.41, 5.74) is 1.06. The number of halogens is 1. The molecular formula is C17H23ClN2O3. The van der Waals surface area contributed by atoms with Crippen molar-refractivity contribution in [3.8, 4) is 0 Å². The van der Waals surface area contributed by atoms with Gasteiger partial charge in [0.25, 0.3) is 5.91 Å². The van der Waals surface area contributed by atoms with E-state index in [1.807, 2.05) is 4.90 Å². The molecule has 23 heavy (non-hydrogen) atoms. The van der Waals surface area contributed by atoms with E-state index in [4.69, 9.17) is 16.3 Å². The Balaban J connectivity index is 2.06. The van der Waals surface area contributed by atoms with Crippen molar-refractivity contribution in [3.63, 3.8) is 0 Å². The van der Waals surface area contributed by atoms with Crippen molar-refractivity contribution in [2.45, 2.75) is 38.6 Å². The van der Waals surface area contributed by atoms with Gasteiger partial charge in [0.1, 0.15) is 0 Å². The van der Waals surface area contributed by atoms with Gasteiger partial charge in [0, 0.05) is 25.4 Å². The topological polar surface area (TPSA) is 58.6 Å². The number of hydrogen-bond acceptors (Lipinski definition) is 3. The summed E-state index contributed by atoms with van der Waals surface area (Å²) in [7, 11) is 1.55. The van der Waals surface area contributed by atoms with Crippen LogP contribution in [0, 0.1) is 0 Å². The van der Waals surface area contributed by atoms with Crippen LogP contribution in [0.1, 0.15) is 43.0 Å². The molecule has 0 radical (unpaired) electrons. The average Bonchev–Trinajstić information content (AvgIpc) is 2.53. The third-order valence-electron chi connectivity index (χ3n) is 4.08. The van der Waals surface area contributed by atoms with Crippen LogP contribution in [-0.2, 0) is 9.53 Å². The molecule has 126 valence electrons. The Kier molecular flexibility index (Phi) is 6.42. The smallest absolute Gasteiger partial charge is 0.255 e. The lowest BCUT2D eigenvalue weighted by molar-refractivity contribution is -0.117. The predicted molar refractivity (Wildman–Crippen MR) is 90.9 cm³/mol. The second-order valence-electron chi connectivity index (χ2n) is 5.83. The summed E-state index contributed by atoms with van der Waals surface area (Å²) in [6.07, 6.45) is 3.49. The molecule has 0 aliphatic carbocycles. The van der Waals surface area contributed by atoms with Crippen LogP contribution in [0.25, 0.3) is 0 Å². The number of carbonyl (C=O) groups is 2. The summed E-state index contributed by atoms with van der Waals surface area (Å²) in [5, 5.41) is 3.10. The molecule has 1 saturated heterocycles. The number of amides is 2. The minimum Gasteiger partial charge on any atom is -0.384 e. The number of likely N-dealkylation sites (tertiary alicyclic amines) is 1. The molecule has 0 aromatic heterocycles. The normalized spacial score (nSPS) is 17.9. The van der Waals surface area contributed by atoms with Gasteiger partial charge in [0.2, 0.25) is 5.91 Å². The van der Waals surface area contributed by atoms with E-state index in [0.717, 1.165) is 25.8 Å². The van der Waals surface area contributed by atoms with E-state index in [1.54, 1.807) is 25.3 Å². The quantitative estimate of drug-likeness (QED) is 0.895. The van der Waals surface area contributed by atoms with Crippen molar-refractivity contribution in [2.24, 2.45) is 0 Å². The number of anilines is 1. The first-order valence-electron chi connectivity index (χ1n) is 7.92. The fraction of sp³-hybridized carbons (Fsp3) is 0.529. The molecule has 1 heterocycles. The maximum Gasteiger partial charge on any atom is 0.255 e. The molecule has 2 amide bonds. The number of carbonyl (C=O) groups excluding carboxylic acids is 2. The zero-order valence-corrected chi connectivity index (χ0v) is 14.4. The van der Waals surface area contributed by atoms with Crippen LogP contribution in [0.15, 0.2) is 18.2 Å². The molecule has 1 unspecified atom stereocenters. The van der Waals surface area contributed by atoms with Gasteiger partial charge in [-0.2, -0.15) is 0 Å². The summed E-state index contributed by atoms with van der Waals surface area (Å²) in [6.45, 7) is 3.20. The van der Waals surface area contributed by atoms with E-state index in [2.05, 4.69) is 12.2 Å². The maximum atomic E-state index is 12.6. The third-order valence-corrected chi connectivity index (χ3v) is 4.39. The SMILES string of the molecule is COCCC(=O)Nc1ccc(C(=O)N2CCCCC2C)c(Cl)c1. The van der Waals surface area contributed by atoms with E-state index in [0.29, 0.717) is 22.9 Å². The van der Waals surface area contributed by atoms with E-state index in [1.165, 1.54) is 0 Å². The van der Waals surface area contributed by atoms with Gasteiger partial charge in [-0.05, 0) is 44.4 Å².